The van der Waals surface area contributed by atoms with Crippen molar-refractivity contribution in [2.45, 2.75) is 51.0 Å². The molecule has 1 nitrogen and oxygen atoms in total. The van der Waals surface area contributed by atoms with Gasteiger partial charge in [-0.2, -0.15) is 0 Å². The minimum absolute atomic E-state index is 0.131. The van der Waals surface area contributed by atoms with E-state index in [-0.39, 0.29) is 10.9 Å². The Kier molecular flexibility index (Phi) is 4.29. The topological polar surface area (TPSA) is 20.2 Å². The van der Waals surface area contributed by atoms with E-state index in [1.807, 2.05) is 6.92 Å². The third kappa shape index (κ3) is 3.04. The van der Waals surface area contributed by atoms with Crippen LogP contribution in [0.5, 0.6) is 0 Å². The molecule has 0 radical (unpaired) electrons. The van der Waals surface area contributed by atoms with Gasteiger partial charge in [0, 0.05) is 6.42 Å². The highest BCUT2D eigenvalue weighted by Gasteiger charge is 2.33. The van der Waals surface area contributed by atoms with Crippen LogP contribution in [0.4, 0.5) is 4.39 Å². The summed E-state index contributed by atoms with van der Waals surface area (Å²) in [5.41, 5.74) is -0.329. The van der Waals surface area contributed by atoms with Crippen molar-refractivity contribution >= 4 is 11.6 Å². The Morgan fingerprint density at radius 3 is 2.67 bits per heavy atom. The van der Waals surface area contributed by atoms with Gasteiger partial charge in [-0.25, -0.2) is 4.39 Å². The minimum atomic E-state index is -0.841. The van der Waals surface area contributed by atoms with Crippen molar-refractivity contribution in [2.75, 3.05) is 0 Å². The van der Waals surface area contributed by atoms with Crippen molar-refractivity contribution < 1.29 is 9.50 Å². The molecule has 1 aliphatic rings. The first-order valence-electron chi connectivity index (χ1n) is 6.66. The Labute approximate surface area is 113 Å². The molecule has 1 N–H and O–H groups in total. The highest BCUT2D eigenvalue weighted by molar-refractivity contribution is 6.30. The summed E-state index contributed by atoms with van der Waals surface area (Å²) in [6.45, 7) is 1.82. The average molecular weight is 271 g/mol. The van der Waals surface area contributed by atoms with Crippen LogP contribution in [0.2, 0.25) is 5.02 Å². The van der Waals surface area contributed by atoms with Gasteiger partial charge in [0.05, 0.1) is 10.6 Å². The molecular weight excluding hydrogens is 251 g/mol. The summed E-state index contributed by atoms with van der Waals surface area (Å²) in [4.78, 5) is 0. The van der Waals surface area contributed by atoms with E-state index in [1.54, 1.807) is 12.1 Å². The zero-order valence-electron chi connectivity index (χ0n) is 10.8. The normalized spacial score (nSPS) is 20.7. The molecule has 1 atom stereocenters. The molecule has 0 saturated heterocycles. The van der Waals surface area contributed by atoms with Crippen LogP contribution in [-0.2, 0) is 6.42 Å². The monoisotopic (exact) mass is 270 g/mol. The number of hydrogen-bond acceptors (Lipinski definition) is 1. The summed E-state index contributed by atoms with van der Waals surface area (Å²) in [5.74, 6) is -0.125. The maximum atomic E-state index is 13.9. The average Bonchev–Trinajstić information content (AvgIpc) is 2.36. The quantitative estimate of drug-likeness (QED) is 0.866. The molecule has 0 bridgehead atoms. The standard InChI is InChI=1S/C15H20ClFO/c1-15(18,12-7-3-2-4-8-12)10-11-6-5-9-13(16)14(11)17/h5-6,9,12,18H,2-4,7-8,10H2,1H3. The number of halogens is 2. The van der Waals surface area contributed by atoms with Crippen molar-refractivity contribution in [3.8, 4) is 0 Å². The van der Waals surface area contributed by atoms with Crippen LogP contribution < -0.4 is 0 Å². The molecule has 0 aromatic heterocycles. The summed E-state index contributed by atoms with van der Waals surface area (Å²) >= 11 is 5.77. The van der Waals surface area contributed by atoms with Crippen LogP contribution >= 0.6 is 11.6 Å². The van der Waals surface area contributed by atoms with Gasteiger partial charge in [-0.1, -0.05) is 43.0 Å². The lowest BCUT2D eigenvalue weighted by atomic mass is 9.75. The van der Waals surface area contributed by atoms with E-state index in [9.17, 15) is 9.50 Å². The molecule has 0 spiro atoms. The fourth-order valence-corrected chi connectivity index (χ4v) is 3.13. The minimum Gasteiger partial charge on any atom is -0.390 e. The Hall–Kier alpha value is -0.600. The van der Waals surface area contributed by atoms with E-state index in [0.29, 0.717) is 12.0 Å². The molecule has 1 unspecified atom stereocenters. The molecular formula is C15H20ClFO. The fraction of sp³-hybridized carbons (Fsp3) is 0.600. The van der Waals surface area contributed by atoms with Gasteiger partial charge in [0.25, 0.3) is 0 Å². The molecule has 1 saturated carbocycles. The summed E-state index contributed by atoms with van der Waals surface area (Å²) in [6, 6.07) is 4.98. The van der Waals surface area contributed by atoms with Crippen molar-refractivity contribution in [1.29, 1.82) is 0 Å². The van der Waals surface area contributed by atoms with Crippen LogP contribution in [0.3, 0.4) is 0 Å². The summed E-state index contributed by atoms with van der Waals surface area (Å²) in [5, 5.41) is 10.7. The summed E-state index contributed by atoms with van der Waals surface area (Å²) in [7, 11) is 0. The second-order valence-corrected chi connectivity index (χ2v) is 5.99. The molecule has 1 fully saturated rings. The van der Waals surface area contributed by atoms with Gasteiger partial charge >= 0.3 is 0 Å². The smallest absolute Gasteiger partial charge is 0.145 e. The predicted octanol–water partition coefficient (Wildman–Crippen LogP) is 4.35. The van der Waals surface area contributed by atoms with Gasteiger partial charge in [0.15, 0.2) is 0 Å². The fourth-order valence-electron chi connectivity index (χ4n) is 2.94. The third-order valence-electron chi connectivity index (χ3n) is 4.06. The van der Waals surface area contributed by atoms with Crippen molar-refractivity contribution in [1.82, 2.24) is 0 Å². The maximum Gasteiger partial charge on any atom is 0.145 e. The van der Waals surface area contributed by atoms with Gasteiger partial charge in [0.1, 0.15) is 5.82 Å². The Morgan fingerprint density at radius 2 is 2.00 bits per heavy atom. The largest absolute Gasteiger partial charge is 0.390 e. The summed E-state index contributed by atoms with van der Waals surface area (Å²) in [6.07, 6.45) is 5.99. The Morgan fingerprint density at radius 1 is 1.33 bits per heavy atom. The molecule has 1 aromatic rings. The number of rotatable bonds is 3. The van der Waals surface area contributed by atoms with Crippen LogP contribution in [-0.4, -0.2) is 10.7 Å². The highest BCUT2D eigenvalue weighted by Crippen LogP contribution is 2.35. The van der Waals surface area contributed by atoms with Crippen LogP contribution in [0.25, 0.3) is 0 Å². The molecule has 18 heavy (non-hydrogen) atoms. The van der Waals surface area contributed by atoms with Gasteiger partial charge in [-0.3, -0.25) is 0 Å². The van der Waals surface area contributed by atoms with Gasteiger partial charge < -0.3 is 5.11 Å². The predicted molar refractivity (Wildman–Crippen MR) is 72.3 cm³/mol. The third-order valence-corrected chi connectivity index (χ3v) is 4.36. The van der Waals surface area contributed by atoms with Crippen LogP contribution in [0.1, 0.15) is 44.6 Å². The SMILES string of the molecule is CC(O)(Cc1cccc(Cl)c1F)C1CCCCC1. The first kappa shape index (κ1) is 13.8. The molecule has 2 rings (SSSR count). The van der Waals surface area contributed by atoms with Crippen LogP contribution in [0.15, 0.2) is 18.2 Å². The maximum absolute atomic E-state index is 13.9. The van der Waals surface area contributed by atoms with Gasteiger partial charge in [-0.05, 0) is 37.3 Å². The van der Waals surface area contributed by atoms with Crippen molar-refractivity contribution in [3.05, 3.63) is 34.6 Å². The molecule has 0 heterocycles. The van der Waals surface area contributed by atoms with E-state index in [4.69, 9.17) is 11.6 Å². The Bertz CT molecular complexity index is 411. The first-order chi connectivity index (χ1) is 8.50. The zero-order chi connectivity index (χ0) is 13.2. The molecule has 0 aliphatic heterocycles. The van der Waals surface area contributed by atoms with Gasteiger partial charge in [-0.15, -0.1) is 0 Å². The lowest BCUT2D eigenvalue weighted by Crippen LogP contribution is -2.38. The Balaban J connectivity index is 2.13. The second kappa shape index (κ2) is 5.58. The van der Waals surface area contributed by atoms with Crippen molar-refractivity contribution in [3.63, 3.8) is 0 Å². The molecule has 1 aromatic carbocycles. The van der Waals surface area contributed by atoms with E-state index < -0.39 is 11.4 Å². The number of hydrogen-bond donors (Lipinski definition) is 1. The van der Waals surface area contributed by atoms with Crippen molar-refractivity contribution in [2.24, 2.45) is 5.92 Å². The number of benzene rings is 1. The summed E-state index contributed by atoms with van der Waals surface area (Å²) < 4.78 is 13.9. The van der Waals surface area contributed by atoms with Gasteiger partial charge in [0.2, 0.25) is 0 Å². The lowest BCUT2D eigenvalue weighted by Gasteiger charge is -2.35. The second-order valence-electron chi connectivity index (χ2n) is 5.58. The first-order valence-corrected chi connectivity index (χ1v) is 7.04. The zero-order valence-corrected chi connectivity index (χ0v) is 11.5. The van der Waals surface area contributed by atoms with Crippen LogP contribution in [0, 0.1) is 11.7 Å². The lowest BCUT2D eigenvalue weighted by molar-refractivity contribution is -0.0165. The van der Waals surface area contributed by atoms with E-state index >= 15 is 0 Å². The number of aliphatic hydroxyl groups is 1. The molecule has 1 aliphatic carbocycles. The molecule has 0 amide bonds. The molecule has 3 heteroatoms. The van der Waals surface area contributed by atoms with E-state index in [2.05, 4.69) is 0 Å². The van der Waals surface area contributed by atoms with E-state index in [1.165, 1.54) is 25.3 Å². The highest BCUT2D eigenvalue weighted by atomic mass is 35.5. The van der Waals surface area contributed by atoms with E-state index in [0.717, 1.165) is 12.8 Å². The molecule has 100 valence electrons.